The summed E-state index contributed by atoms with van der Waals surface area (Å²) in [6, 6.07) is 6.21. The quantitative estimate of drug-likeness (QED) is 0.892. The third kappa shape index (κ3) is 3.97. The van der Waals surface area contributed by atoms with Crippen LogP contribution in [-0.4, -0.2) is 37.6 Å². The van der Waals surface area contributed by atoms with Crippen molar-refractivity contribution in [2.24, 2.45) is 5.92 Å². The fourth-order valence-corrected chi connectivity index (χ4v) is 2.43. The van der Waals surface area contributed by atoms with Gasteiger partial charge in [-0.15, -0.1) is 0 Å². The second-order valence-corrected chi connectivity index (χ2v) is 5.79. The van der Waals surface area contributed by atoms with E-state index in [0.29, 0.717) is 12.5 Å². The predicted octanol–water partition coefficient (Wildman–Crippen LogP) is 1.83. The minimum atomic E-state index is 0.116. The molecule has 1 heterocycles. The van der Waals surface area contributed by atoms with E-state index in [0.717, 1.165) is 31.8 Å². The minimum absolute atomic E-state index is 0.116. The molecule has 0 fully saturated rings. The zero-order valence-corrected chi connectivity index (χ0v) is 12.6. The van der Waals surface area contributed by atoms with Gasteiger partial charge >= 0.3 is 0 Å². The molecule has 1 amide bonds. The van der Waals surface area contributed by atoms with E-state index in [1.54, 1.807) is 7.11 Å². The fraction of sp³-hybridized carbons (Fsp3) is 0.562. The third-order valence-corrected chi connectivity index (χ3v) is 3.58. The second-order valence-electron chi connectivity index (χ2n) is 5.79. The van der Waals surface area contributed by atoms with Gasteiger partial charge in [0.15, 0.2) is 0 Å². The third-order valence-electron chi connectivity index (χ3n) is 3.58. The van der Waals surface area contributed by atoms with Gasteiger partial charge in [0.25, 0.3) is 0 Å². The first-order valence-corrected chi connectivity index (χ1v) is 7.23. The molecule has 0 spiro atoms. The van der Waals surface area contributed by atoms with Crippen LogP contribution in [-0.2, 0) is 17.8 Å². The number of nitrogens with zero attached hydrogens (tertiary/aromatic N) is 1. The normalized spacial score (nSPS) is 15.0. The van der Waals surface area contributed by atoms with E-state index in [2.05, 4.69) is 36.2 Å². The Balaban J connectivity index is 1.91. The van der Waals surface area contributed by atoms with Crippen LogP contribution in [0.5, 0.6) is 5.75 Å². The number of ether oxygens (including phenoxy) is 1. The fourth-order valence-electron chi connectivity index (χ4n) is 2.43. The van der Waals surface area contributed by atoms with Crippen molar-refractivity contribution in [2.75, 3.05) is 26.7 Å². The second kappa shape index (κ2) is 6.75. The molecule has 0 radical (unpaired) electrons. The van der Waals surface area contributed by atoms with E-state index in [4.69, 9.17) is 4.74 Å². The van der Waals surface area contributed by atoms with Crippen LogP contribution in [0.15, 0.2) is 18.2 Å². The summed E-state index contributed by atoms with van der Waals surface area (Å²) in [5.41, 5.74) is 2.64. The number of rotatable bonds is 5. The molecule has 1 N–H and O–H groups in total. The molecule has 0 unspecified atom stereocenters. The van der Waals surface area contributed by atoms with E-state index in [1.165, 1.54) is 11.1 Å². The van der Waals surface area contributed by atoms with Crippen molar-refractivity contribution < 1.29 is 9.53 Å². The topological polar surface area (TPSA) is 41.6 Å². The number of amides is 1. The Labute approximate surface area is 121 Å². The Morgan fingerprint density at radius 2 is 2.20 bits per heavy atom. The Morgan fingerprint density at radius 1 is 1.40 bits per heavy atom. The maximum Gasteiger partial charge on any atom is 0.234 e. The number of carbonyl (C=O) groups is 1. The Morgan fingerprint density at radius 3 is 2.90 bits per heavy atom. The smallest absolute Gasteiger partial charge is 0.234 e. The van der Waals surface area contributed by atoms with Gasteiger partial charge in [0.1, 0.15) is 5.75 Å². The highest BCUT2D eigenvalue weighted by molar-refractivity contribution is 5.78. The van der Waals surface area contributed by atoms with Crippen LogP contribution in [0, 0.1) is 5.92 Å². The summed E-state index contributed by atoms with van der Waals surface area (Å²) in [6.45, 7) is 7.18. The first-order valence-electron chi connectivity index (χ1n) is 7.23. The summed E-state index contributed by atoms with van der Waals surface area (Å²) < 4.78 is 5.26. The first-order chi connectivity index (χ1) is 9.58. The van der Waals surface area contributed by atoms with Crippen molar-refractivity contribution in [2.45, 2.75) is 26.8 Å². The molecule has 0 aliphatic carbocycles. The number of fused-ring (bicyclic) bond motifs is 1. The van der Waals surface area contributed by atoms with Gasteiger partial charge in [0.05, 0.1) is 13.7 Å². The zero-order valence-electron chi connectivity index (χ0n) is 12.6. The lowest BCUT2D eigenvalue weighted by molar-refractivity contribution is -0.122. The molecule has 20 heavy (non-hydrogen) atoms. The van der Waals surface area contributed by atoms with Crippen molar-refractivity contribution in [3.05, 3.63) is 29.3 Å². The van der Waals surface area contributed by atoms with Crippen molar-refractivity contribution in [1.29, 1.82) is 0 Å². The molecule has 1 aromatic rings. The molecular formula is C16H24N2O2. The Kier molecular flexibility index (Phi) is 5.01. The SMILES string of the molecule is COc1ccc2c(c1)CN(CC(=O)NCC(C)C)CC2. The molecule has 110 valence electrons. The van der Waals surface area contributed by atoms with Crippen LogP contribution < -0.4 is 10.1 Å². The van der Waals surface area contributed by atoms with E-state index < -0.39 is 0 Å². The average Bonchev–Trinajstić information content (AvgIpc) is 2.44. The lowest BCUT2D eigenvalue weighted by Crippen LogP contribution is -2.40. The lowest BCUT2D eigenvalue weighted by atomic mass is 9.99. The van der Waals surface area contributed by atoms with Gasteiger partial charge in [-0.05, 0) is 35.6 Å². The molecule has 4 heteroatoms. The molecule has 1 aromatic carbocycles. The predicted molar refractivity (Wildman–Crippen MR) is 79.8 cm³/mol. The summed E-state index contributed by atoms with van der Waals surface area (Å²) in [5.74, 6) is 1.49. The Bertz CT molecular complexity index is 472. The molecule has 1 aliphatic heterocycles. The van der Waals surface area contributed by atoms with Crippen LogP contribution in [0.3, 0.4) is 0 Å². The number of carbonyl (C=O) groups excluding carboxylic acids is 1. The van der Waals surface area contributed by atoms with E-state index >= 15 is 0 Å². The molecule has 0 bridgehead atoms. The summed E-state index contributed by atoms with van der Waals surface area (Å²) in [5, 5.41) is 2.97. The average molecular weight is 276 g/mol. The van der Waals surface area contributed by atoms with Gasteiger partial charge in [-0.3, -0.25) is 9.69 Å². The van der Waals surface area contributed by atoms with Crippen LogP contribution in [0.4, 0.5) is 0 Å². The first kappa shape index (κ1) is 14.9. The van der Waals surface area contributed by atoms with Crippen LogP contribution in [0.2, 0.25) is 0 Å². The molecule has 0 saturated carbocycles. The van der Waals surface area contributed by atoms with Crippen molar-refractivity contribution in [3.8, 4) is 5.75 Å². The van der Waals surface area contributed by atoms with E-state index in [1.807, 2.05) is 6.07 Å². The van der Waals surface area contributed by atoms with Gasteiger partial charge in [-0.2, -0.15) is 0 Å². The molecule has 0 saturated heterocycles. The van der Waals surface area contributed by atoms with Crippen molar-refractivity contribution in [3.63, 3.8) is 0 Å². The number of nitrogens with one attached hydrogen (secondary N) is 1. The minimum Gasteiger partial charge on any atom is -0.497 e. The van der Waals surface area contributed by atoms with E-state index in [-0.39, 0.29) is 5.91 Å². The molecular weight excluding hydrogens is 252 g/mol. The van der Waals surface area contributed by atoms with Crippen molar-refractivity contribution >= 4 is 5.91 Å². The zero-order chi connectivity index (χ0) is 14.5. The Hall–Kier alpha value is -1.55. The monoisotopic (exact) mass is 276 g/mol. The summed E-state index contributed by atoms with van der Waals surface area (Å²) >= 11 is 0. The number of methoxy groups -OCH3 is 1. The number of hydrogen-bond acceptors (Lipinski definition) is 3. The highest BCUT2D eigenvalue weighted by Gasteiger charge is 2.18. The van der Waals surface area contributed by atoms with Gasteiger partial charge < -0.3 is 10.1 Å². The molecule has 0 aromatic heterocycles. The molecule has 4 nitrogen and oxygen atoms in total. The number of hydrogen-bond donors (Lipinski definition) is 1. The number of benzene rings is 1. The largest absolute Gasteiger partial charge is 0.497 e. The maximum atomic E-state index is 11.9. The van der Waals surface area contributed by atoms with Crippen molar-refractivity contribution in [1.82, 2.24) is 10.2 Å². The van der Waals surface area contributed by atoms with Gasteiger partial charge in [-0.1, -0.05) is 19.9 Å². The van der Waals surface area contributed by atoms with Gasteiger partial charge in [0, 0.05) is 19.6 Å². The van der Waals surface area contributed by atoms with Crippen LogP contribution >= 0.6 is 0 Å². The maximum absolute atomic E-state index is 11.9. The molecule has 2 rings (SSSR count). The summed E-state index contributed by atoms with van der Waals surface area (Å²) in [7, 11) is 1.68. The molecule has 0 atom stereocenters. The highest BCUT2D eigenvalue weighted by Crippen LogP contribution is 2.23. The van der Waals surface area contributed by atoms with Crippen LogP contribution in [0.1, 0.15) is 25.0 Å². The van der Waals surface area contributed by atoms with Gasteiger partial charge in [0.2, 0.25) is 5.91 Å². The molecule has 1 aliphatic rings. The van der Waals surface area contributed by atoms with Crippen LogP contribution in [0.25, 0.3) is 0 Å². The highest BCUT2D eigenvalue weighted by atomic mass is 16.5. The standard InChI is InChI=1S/C16H24N2O2/c1-12(2)9-17-16(19)11-18-7-6-13-4-5-15(20-3)8-14(13)10-18/h4-5,8,12H,6-7,9-11H2,1-3H3,(H,17,19). The van der Waals surface area contributed by atoms with E-state index in [9.17, 15) is 4.79 Å². The van der Waals surface area contributed by atoms with Gasteiger partial charge in [-0.25, -0.2) is 0 Å². The summed E-state index contributed by atoms with van der Waals surface area (Å²) in [4.78, 5) is 14.1. The lowest BCUT2D eigenvalue weighted by Gasteiger charge is -2.28. The summed E-state index contributed by atoms with van der Waals surface area (Å²) in [6.07, 6.45) is 0.997.